The first-order chi connectivity index (χ1) is 16.8. The second-order valence-electron chi connectivity index (χ2n) is 7.94. The summed E-state index contributed by atoms with van der Waals surface area (Å²) in [6, 6.07) is 14.1. The highest BCUT2D eigenvalue weighted by atomic mass is 35.5. The number of benzene rings is 2. The van der Waals surface area contributed by atoms with Gasteiger partial charge in [0, 0.05) is 48.4 Å². The van der Waals surface area contributed by atoms with E-state index in [-0.39, 0.29) is 28.3 Å². The van der Waals surface area contributed by atoms with Gasteiger partial charge in [-0.1, -0.05) is 47.1 Å². The number of oxime groups is 1. The number of aromatic nitrogens is 3. The summed E-state index contributed by atoms with van der Waals surface area (Å²) in [5.74, 6) is -1.11. The van der Waals surface area contributed by atoms with Gasteiger partial charge in [-0.15, -0.1) is 0 Å². The van der Waals surface area contributed by atoms with E-state index in [0.29, 0.717) is 22.3 Å². The zero-order valence-corrected chi connectivity index (χ0v) is 19.2. The van der Waals surface area contributed by atoms with Crippen molar-refractivity contribution in [1.29, 1.82) is 0 Å². The lowest BCUT2D eigenvalue weighted by Gasteiger charge is -2.20. The van der Waals surface area contributed by atoms with Crippen LogP contribution in [0.4, 0.5) is 4.39 Å². The first-order valence-electron chi connectivity index (χ1n) is 10.5. The number of hydrogen-bond acceptors (Lipinski definition) is 5. The topological polar surface area (TPSA) is 120 Å². The average molecular weight is 495 g/mol. The third kappa shape index (κ3) is 5.15. The van der Waals surface area contributed by atoms with E-state index < -0.39 is 23.0 Å². The molecule has 0 bridgehead atoms. The van der Waals surface area contributed by atoms with E-state index in [1.54, 1.807) is 43.4 Å². The molecule has 0 amide bonds. The van der Waals surface area contributed by atoms with Crippen LogP contribution in [0.5, 0.6) is 0 Å². The summed E-state index contributed by atoms with van der Waals surface area (Å²) in [4.78, 5) is 39.8. The van der Waals surface area contributed by atoms with Gasteiger partial charge in [0.05, 0.1) is 11.3 Å². The Kier molecular flexibility index (Phi) is 6.79. The number of pyridine rings is 1. The van der Waals surface area contributed by atoms with Crippen molar-refractivity contribution in [3.63, 3.8) is 0 Å². The van der Waals surface area contributed by atoms with Crippen molar-refractivity contribution in [2.24, 2.45) is 12.2 Å². The molecule has 0 fully saturated rings. The molecule has 0 aliphatic rings. The molecule has 35 heavy (non-hydrogen) atoms. The fraction of sp³-hybridized carbons (Fsp3) is 0.120. The van der Waals surface area contributed by atoms with Crippen LogP contribution in [0.2, 0.25) is 5.02 Å². The molecule has 4 aromatic rings. The summed E-state index contributed by atoms with van der Waals surface area (Å²) in [5.41, 5.74) is 1.22. The fourth-order valence-electron chi connectivity index (χ4n) is 3.89. The number of rotatable bonds is 6. The quantitative estimate of drug-likeness (QED) is 0.215. The molecule has 8 nitrogen and oxygen atoms in total. The van der Waals surface area contributed by atoms with Crippen LogP contribution >= 0.6 is 11.6 Å². The Morgan fingerprint density at radius 2 is 1.86 bits per heavy atom. The molecule has 1 unspecified atom stereocenters. The second kappa shape index (κ2) is 9.94. The van der Waals surface area contributed by atoms with Gasteiger partial charge < -0.3 is 14.8 Å². The number of hydrogen-bond donors (Lipinski definition) is 3. The van der Waals surface area contributed by atoms with Gasteiger partial charge >= 0.3 is 5.69 Å². The summed E-state index contributed by atoms with van der Waals surface area (Å²) in [5, 5.41) is 13.4. The molecule has 2 aromatic heterocycles. The van der Waals surface area contributed by atoms with E-state index in [0.717, 1.165) is 0 Å². The first kappa shape index (κ1) is 23.9. The van der Waals surface area contributed by atoms with Crippen molar-refractivity contribution in [2.75, 3.05) is 0 Å². The Labute approximate surface area is 203 Å². The normalized spacial score (nSPS) is 12.5. The molecule has 0 saturated carbocycles. The van der Waals surface area contributed by atoms with Gasteiger partial charge in [-0.3, -0.25) is 14.6 Å². The molecule has 1 atom stereocenters. The lowest BCUT2D eigenvalue weighted by atomic mass is 9.85. The van der Waals surface area contributed by atoms with E-state index in [9.17, 15) is 24.0 Å². The number of nitrogens with one attached hydrogen (secondary N) is 2. The van der Waals surface area contributed by atoms with E-state index in [1.807, 2.05) is 0 Å². The van der Waals surface area contributed by atoms with Crippen LogP contribution in [0.1, 0.15) is 29.0 Å². The minimum Gasteiger partial charge on any atom is -0.411 e. The highest BCUT2D eigenvalue weighted by Gasteiger charge is 2.22. The number of nitrogens with zero attached hydrogens (tertiary/aromatic N) is 2. The maximum absolute atomic E-state index is 15.0. The second-order valence-corrected chi connectivity index (χ2v) is 8.38. The van der Waals surface area contributed by atoms with Crippen LogP contribution < -0.4 is 16.8 Å². The third-order valence-electron chi connectivity index (χ3n) is 5.72. The van der Waals surface area contributed by atoms with E-state index in [4.69, 9.17) is 11.6 Å². The van der Waals surface area contributed by atoms with Crippen LogP contribution in [0.15, 0.2) is 86.5 Å². The molecule has 0 saturated heterocycles. The van der Waals surface area contributed by atoms with Gasteiger partial charge in [-0.25, -0.2) is 9.18 Å². The molecule has 0 spiro atoms. The van der Waals surface area contributed by atoms with E-state index >= 15 is 0 Å². The highest BCUT2D eigenvalue weighted by molar-refractivity contribution is 6.30. The number of aromatic amines is 2. The van der Waals surface area contributed by atoms with Gasteiger partial charge in [0.2, 0.25) is 5.56 Å². The molecule has 2 heterocycles. The van der Waals surface area contributed by atoms with Crippen LogP contribution in [-0.4, -0.2) is 25.5 Å². The largest absolute Gasteiger partial charge is 0.411 e. The Morgan fingerprint density at radius 3 is 2.49 bits per heavy atom. The molecular weight excluding hydrogens is 475 g/mol. The Bertz CT molecular complexity index is 1590. The summed E-state index contributed by atoms with van der Waals surface area (Å²) in [6.07, 6.45) is 2.97. The molecule has 0 aliphatic carbocycles. The Morgan fingerprint density at radius 1 is 1.11 bits per heavy atom. The zero-order chi connectivity index (χ0) is 25.1. The Balaban J connectivity index is 1.77. The van der Waals surface area contributed by atoms with Crippen LogP contribution in [0.25, 0.3) is 11.1 Å². The minimum atomic E-state index is -0.608. The Hall–Kier alpha value is -4.24. The number of halogens is 2. The van der Waals surface area contributed by atoms with Gasteiger partial charge in [-0.05, 0) is 34.9 Å². The van der Waals surface area contributed by atoms with Crippen molar-refractivity contribution in [3.05, 3.63) is 126 Å². The van der Waals surface area contributed by atoms with Crippen LogP contribution in [-0.2, 0) is 7.05 Å². The lowest BCUT2D eigenvalue weighted by molar-refractivity contribution is 0.317. The predicted molar refractivity (Wildman–Crippen MR) is 131 cm³/mol. The van der Waals surface area contributed by atoms with Crippen molar-refractivity contribution < 1.29 is 9.60 Å². The van der Waals surface area contributed by atoms with Crippen LogP contribution in [0.3, 0.4) is 0 Å². The summed E-state index contributed by atoms with van der Waals surface area (Å²) in [7, 11) is 1.58. The van der Waals surface area contributed by atoms with Gasteiger partial charge in [-0.2, -0.15) is 0 Å². The van der Waals surface area contributed by atoms with Crippen LogP contribution in [0, 0.1) is 5.82 Å². The molecule has 10 heteroatoms. The number of aryl methyl sites for hydroxylation is 1. The monoisotopic (exact) mass is 494 g/mol. The smallest absolute Gasteiger partial charge is 0.325 e. The standard InChI is InChI=1S/C25H20ClFN4O4/c1-31-13-16(6-9-23(31)32)22(30-35)11-19(18-8-7-17(26)10-21(18)27)14-2-4-15(5-3-14)20-12-28-25(34)29-24(20)33/h2-10,12-13,19,35H,11H2,1H3,(H2,28,29,33,34)/b30-22+. The molecule has 0 aliphatic heterocycles. The highest BCUT2D eigenvalue weighted by Crippen LogP contribution is 2.33. The summed E-state index contributed by atoms with van der Waals surface area (Å²) in [6.45, 7) is 0. The molecule has 4 rings (SSSR count). The summed E-state index contributed by atoms with van der Waals surface area (Å²) >= 11 is 5.95. The molecular formula is C25H20ClFN4O4. The van der Waals surface area contributed by atoms with Crippen molar-refractivity contribution in [3.8, 4) is 11.1 Å². The fourth-order valence-corrected chi connectivity index (χ4v) is 4.04. The molecule has 178 valence electrons. The van der Waals surface area contributed by atoms with Crippen molar-refractivity contribution in [2.45, 2.75) is 12.3 Å². The van der Waals surface area contributed by atoms with Gasteiger partial charge in [0.1, 0.15) is 5.82 Å². The van der Waals surface area contributed by atoms with Gasteiger partial charge in [0.25, 0.3) is 5.56 Å². The first-order valence-corrected chi connectivity index (χ1v) is 10.9. The number of H-pyrrole nitrogens is 2. The SMILES string of the molecule is Cn1cc(/C(CC(c2ccc(-c3c[nH]c(=O)[nH]c3=O)cc2)c2ccc(Cl)cc2F)=N/O)ccc1=O. The van der Waals surface area contributed by atoms with Gasteiger partial charge in [0.15, 0.2) is 0 Å². The molecule has 2 aromatic carbocycles. The maximum Gasteiger partial charge on any atom is 0.325 e. The van der Waals surface area contributed by atoms with Crippen molar-refractivity contribution >= 4 is 17.3 Å². The lowest BCUT2D eigenvalue weighted by Crippen LogP contribution is -2.22. The van der Waals surface area contributed by atoms with E-state index in [2.05, 4.69) is 15.1 Å². The third-order valence-corrected chi connectivity index (χ3v) is 5.95. The predicted octanol–water partition coefficient (Wildman–Crippen LogP) is 3.62. The van der Waals surface area contributed by atoms with Crippen molar-refractivity contribution in [1.82, 2.24) is 14.5 Å². The maximum atomic E-state index is 15.0. The zero-order valence-electron chi connectivity index (χ0n) is 18.5. The summed E-state index contributed by atoms with van der Waals surface area (Å²) < 4.78 is 16.3. The average Bonchev–Trinajstić information content (AvgIpc) is 2.83. The molecule has 0 radical (unpaired) electrons. The minimum absolute atomic E-state index is 0.103. The van der Waals surface area contributed by atoms with E-state index in [1.165, 1.54) is 35.2 Å². The molecule has 3 N–H and O–H groups in total.